The molecular weight excluding hydrogens is 387 g/mol. The molecule has 0 aliphatic carbocycles. The van der Waals surface area contributed by atoms with E-state index in [1.54, 1.807) is 25.1 Å². The summed E-state index contributed by atoms with van der Waals surface area (Å²) in [6.45, 7) is 6.03. The first kappa shape index (κ1) is 21.1. The Morgan fingerprint density at radius 1 is 1.10 bits per heavy atom. The third kappa shape index (κ3) is 4.35. The molecule has 0 radical (unpaired) electrons. The van der Waals surface area contributed by atoms with E-state index in [1.165, 1.54) is 12.6 Å². The summed E-state index contributed by atoms with van der Waals surface area (Å²) in [5, 5.41) is 8.04. The molecule has 3 rings (SSSR count). The Balaban J connectivity index is 2.10. The van der Waals surface area contributed by atoms with Crippen LogP contribution in [-0.2, 0) is 15.3 Å². The van der Waals surface area contributed by atoms with Crippen LogP contribution in [0.1, 0.15) is 25.3 Å². The second-order valence-electron chi connectivity index (χ2n) is 7.87. The highest BCUT2D eigenvalue weighted by atomic mass is 32.2. The smallest absolute Gasteiger partial charge is 0.249 e. The van der Waals surface area contributed by atoms with E-state index >= 15 is 0 Å². The van der Waals surface area contributed by atoms with E-state index in [0.717, 1.165) is 11.4 Å². The van der Waals surface area contributed by atoms with Gasteiger partial charge in [-0.15, -0.1) is 10.2 Å². The van der Waals surface area contributed by atoms with Crippen molar-refractivity contribution in [3.63, 3.8) is 0 Å². The first-order valence-electron chi connectivity index (χ1n) is 9.25. The van der Waals surface area contributed by atoms with Crippen molar-refractivity contribution in [3.8, 4) is 11.5 Å². The number of aromatic nitrogens is 2. The van der Waals surface area contributed by atoms with Gasteiger partial charge >= 0.3 is 0 Å². The molecule has 29 heavy (non-hydrogen) atoms. The van der Waals surface area contributed by atoms with Gasteiger partial charge in [0.25, 0.3) is 0 Å². The molecule has 0 saturated heterocycles. The molecule has 1 N–H and O–H groups in total. The zero-order valence-electron chi connectivity index (χ0n) is 17.5. The molecule has 0 unspecified atom stereocenters. The maximum absolute atomic E-state index is 12.3. The lowest BCUT2D eigenvalue weighted by Crippen LogP contribution is -2.19. The third-order valence-corrected chi connectivity index (χ3v) is 6.20. The van der Waals surface area contributed by atoms with Crippen molar-refractivity contribution in [1.82, 2.24) is 14.9 Å². The minimum absolute atomic E-state index is 0.0622. The van der Waals surface area contributed by atoms with E-state index in [1.807, 2.05) is 24.1 Å². The number of sulfonamides is 1. The number of anilines is 2. The maximum atomic E-state index is 12.3. The van der Waals surface area contributed by atoms with Crippen LogP contribution < -0.4 is 9.62 Å². The summed E-state index contributed by atoms with van der Waals surface area (Å²) in [4.78, 5) is 2.10. The fourth-order valence-corrected chi connectivity index (χ4v) is 3.75. The van der Waals surface area contributed by atoms with Gasteiger partial charge in [0.2, 0.25) is 21.8 Å². The Bertz CT molecular complexity index is 1120. The highest BCUT2D eigenvalue weighted by Gasteiger charge is 2.21. The molecule has 7 nitrogen and oxygen atoms in total. The number of hydrogen-bond donors (Lipinski definition) is 1. The van der Waals surface area contributed by atoms with Crippen molar-refractivity contribution < 1.29 is 12.8 Å². The van der Waals surface area contributed by atoms with Crippen molar-refractivity contribution in [2.75, 3.05) is 19.0 Å². The molecule has 0 atom stereocenters. The topological polar surface area (TPSA) is 88.3 Å². The Hall–Kier alpha value is -2.65. The zero-order chi connectivity index (χ0) is 21.4. The van der Waals surface area contributed by atoms with Gasteiger partial charge in [-0.25, -0.2) is 13.1 Å². The molecule has 1 aromatic heterocycles. The normalized spacial score (nSPS) is 12.2. The summed E-state index contributed by atoms with van der Waals surface area (Å²) in [5.74, 6) is 0.675. The molecule has 0 aliphatic rings. The van der Waals surface area contributed by atoms with Crippen LogP contribution in [0.15, 0.2) is 51.8 Å². The fraction of sp³-hybridized carbons (Fsp3) is 0.300. The first-order valence-corrected chi connectivity index (χ1v) is 10.7. The molecule has 0 bridgehead atoms. The van der Waals surface area contributed by atoms with Crippen LogP contribution in [0, 0.1) is 6.92 Å². The second kappa shape index (κ2) is 7.64. The van der Waals surface area contributed by atoms with Gasteiger partial charge in [0.1, 0.15) is 7.85 Å². The predicted octanol–water partition coefficient (Wildman–Crippen LogP) is 2.59. The second-order valence-corrected chi connectivity index (χ2v) is 9.76. The third-order valence-electron chi connectivity index (χ3n) is 4.79. The summed E-state index contributed by atoms with van der Waals surface area (Å²) >= 11 is 0. The highest BCUT2D eigenvalue weighted by Crippen LogP contribution is 2.36. The molecule has 0 spiro atoms. The number of benzene rings is 2. The Kier molecular flexibility index (Phi) is 5.56. The monoisotopic (exact) mass is 412 g/mol. The van der Waals surface area contributed by atoms with Gasteiger partial charge in [-0.3, -0.25) is 0 Å². The molecule has 2 aromatic carbocycles. The molecule has 9 heteroatoms. The van der Waals surface area contributed by atoms with Gasteiger partial charge in [0, 0.05) is 19.7 Å². The van der Waals surface area contributed by atoms with Crippen molar-refractivity contribution in [2.24, 2.45) is 0 Å². The van der Waals surface area contributed by atoms with Crippen molar-refractivity contribution in [1.29, 1.82) is 0 Å². The summed E-state index contributed by atoms with van der Waals surface area (Å²) < 4.78 is 32.5. The SMILES string of the molecule is BC(C)(C)c1ccc(N(C)c2ccc(S(=O)(=O)NC)cc2-c2nnc(C)o2)cc1. The van der Waals surface area contributed by atoms with Crippen molar-refractivity contribution in [2.45, 2.75) is 31.0 Å². The summed E-state index contributed by atoms with van der Waals surface area (Å²) in [5.41, 5.74) is 3.49. The predicted molar refractivity (Wildman–Crippen MR) is 117 cm³/mol. The molecule has 0 amide bonds. The average molecular weight is 412 g/mol. The van der Waals surface area contributed by atoms with E-state index in [-0.39, 0.29) is 16.1 Å². The van der Waals surface area contributed by atoms with E-state index in [9.17, 15) is 8.42 Å². The van der Waals surface area contributed by atoms with Gasteiger partial charge in [0.05, 0.1) is 16.1 Å². The lowest BCUT2D eigenvalue weighted by atomic mass is 9.67. The lowest BCUT2D eigenvalue weighted by Gasteiger charge is -2.24. The minimum Gasteiger partial charge on any atom is -0.421 e. The van der Waals surface area contributed by atoms with Gasteiger partial charge in [-0.1, -0.05) is 31.5 Å². The molecule has 0 fully saturated rings. The molecule has 1 heterocycles. The van der Waals surface area contributed by atoms with Crippen LogP contribution in [0.2, 0.25) is 0 Å². The van der Waals surface area contributed by atoms with Gasteiger partial charge in [-0.2, -0.15) is 0 Å². The Morgan fingerprint density at radius 2 is 1.76 bits per heavy atom. The number of nitrogens with zero attached hydrogens (tertiary/aromatic N) is 3. The largest absolute Gasteiger partial charge is 0.421 e. The number of nitrogens with one attached hydrogen (secondary N) is 1. The molecular formula is C20H25BN4O3S. The molecule has 152 valence electrons. The zero-order valence-corrected chi connectivity index (χ0v) is 18.3. The average Bonchev–Trinajstić information content (AvgIpc) is 3.12. The van der Waals surface area contributed by atoms with Crippen LogP contribution >= 0.6 is 0 Å². The van der Waals surface area contributed by atoms with Crippen molar-refractivity contribution in [3.05, 3.63) is 53.9 Å². The minimum atomic E-state index is -3.61. The van der Waals surface area contributed by atoms with Crippen LogP contribution in [0.3, 0.4) is 0 Å². The highest BCUT2D eigenvalue weighted by molar-refractivity contribution is 7.89. The van der Waals surface area contributed by atoms with Gasteiger partial charge < -0.3 is 9.32 Å². The quantitative estimate of drug-likeness (QED) is 0.627. The standard InChI is InChI=1S/C20H25BN4O3S/c1-13-23-24-19(28-13)17-12-16(29(26,27)22-4)10-11-18(17)25(5)15-8-6-14(7-9-15)20(2,3)21/h6-12,22H,21H2,1-5H3. The molecule has 3 aromatic rings. The van der Waals surface area contributed by atoms with E-state index in [4.69, 9.17) is 4.42 Å². The fourth-order valence-electron chi connectivity index (χ4n) is 2.99. The van der Waals surface area contributed by atoms with E-state index < -0.39 is 10.0 Å². The molecule has 0 aliphatic heterocycles. The Labute approximate surface area is 172 Å². The summed E-state index contributed by atoms with van der Waals surface area (Å²) in [6, 6.07) is 13.1. The van der Waals surface area contributed by atoms with Gasteiger partial charge in [0.15, 0.2) is 0 Å². The number of aryl methyl sites for hydroxylation is 1. The Morgan fingerprint density at radius 3 is 2.28 bits per heavy atom. The van der Waals surface area contributed by atoms with E-state index in [2.05, 4.69) is 48.7 Å². The van der Waals surface area contributed by atoms with Crippen LogP contribution in [0.5, 0.6) is 0 Å². The number of rotatable bonds is 6. The maximum Gasteiger partial charge on any atom is 0.249 e. The summed E-state index contributed by atoms with van der Waals surface area (Å²) in [6.07, 6.45) is 0. The summed E-state index contributed by atoms with van der Waals surface area (Å²) in [7, 11) is 1.85. The van der Waals surface area contributed by atoms with Crippen LogP contribution in [0.25, 0.3) is 11.5 Å². The number of hydrogen-bond acceptors (Lipinski definition) is 6. The van der Waals surface area contributed by atoms with Crippen molar-refractivity contribution >= 4 is 29.2 Å². The van der Waals surface area contributed by atoms with Gasteiger partial charge in [-0.05, 0) is 42.7 Å². The van der Waals surface area contributed by atoms with Crippen LogP contribution in [-0.4, -0.2) is 40.6 Å². The first-order chi connectivity index (χ1) is 13.5. The van der Waals surface area contributed by atoms with Crippen LogP contribution in [0.4, 0.5) is 11.4 Å². The molecule has 0 saturated carbocycles. The lowest BCUT2D eigenvalue weighted by molar-refractivity contribution is 0.532. The van der Waals surface area contributed by atoms with E-state index in [0.29, 0.717) is 11.5 Å².